The second-order valence-corrected chi connectivity index (χ2v) is 7.55. The predicted molar refractivity (Wildman–Crippen MR) is 115 cm³/mol. The Morgan fingerprint density at radius 2 is 1.71 bits per heavy atom. The van der Waals surface area contributed by atoms with Crippen molar-refractivity contribution >= 4 is 23.2 Å². The summed E-state index contributed by atoms with van der Waals surface area (Å²) < 4.78 is 6.00. The molecule has 0 amide bonds. The standard InChI is InChI=1S/C23H23Cl2NO2/c1-16-7-9-17(10-8-16)15-28-23-19(11-20(24)12-21(23)25)13-26-14-22(27)18-5-3-2-4-6-18/h2-12,22,26-27H,13-15H2,1H3/t22-/m1/s1. The quantitative estimate of drug-likeness (QED) is 0.495. The highest BCUT2D eigenvalue weighted by molar-refractivity contribution is 6.35. The summed E-state index contributed by atoms with van der Waals surface area (Å²) in [4.78, 5) is 0. The minimum Gasteiger partial charge on any atom is -0.487 e. The Morgan fingerprint density at radius 1 is 1.00 bits per heavy atom. The topological polar surface area (TPSA) is 41.5 Å². The second kappa shape index (κ2) is 9.94. The lowest BCUT2D eigenvalue weighted by molar-refractivity contribution is 0.174. The molecule has 0 heterocycles. The monoisotopic (exact) mass is 415 g/mol. The molecule has 0 aliphatic heterocycles. The van der Waals surface area contributed by atoms with Crippen molar-refractivity contribution in [1.29, 1.82) is 0 Å². The van der Waals surface area contributed by atoms with E-state index in [4.69, 9.17) is 27.9 Å². The van der Waals surface area contributed by atoms with E-state index in [1.165, 1.54) is 5.56 Å². The average Bonchev–Trinajstić information content (AvgIpc) is 2.69. The molecule has 5 heteroatoms. The number of hydrogen-bond acceptors (Lipinski definition) is 3. The van der Waals surface area contributed by atoms with Crippen LogP contribution in [0.5, 0.6) is 5.75 Å². The molecule has 0 unspecified atom stereocenters. The van der Waals surface area contributed by atoms with Crippen LogP contribution in [0.1, 0.15) is 28.4 Å². The highest BCUT2D eigenvalue weighted by Crippen LogP contribution is 2.33. The zero-order valence-electron chi connectivity index (χ0n) is 15.7. The van der Waals surface area contributed by atoms with Crippen LogP contribution in [-0.2, 0) is 13.2 Å². The zero-order valence-corrected chi connectivity index (χ0v) is 17.2. The molecule has 0 aliphatic rings. The van der Waals surface area contributed by atoms with E-state index in [1.54, 1.807) is 6.07 Å². The lowest BCUT2D eigenvalue weighted by atomic mass is 10.1. The third-order valence-electron chi connectivity index (χ3n) is 4.43. The van der Waals surface area contributed by atoms with Crippen LogP contribution >= 0.6 is 23.2 Å². The van der Waals surface area contributed by atoms with Gasteiger partial charge >= 0.3 is 0 Å². The van der Waals surface area contributed by atoms with Gasteiger partial charge in [0.2, 0.25) is 0 Å². The number of halogens is 2. The molecule has 2 N–H and O–H groups in total. The number of hydrogen-bond donors (Lipinski definition) is 2. The molecule has 0 fully saturated rings. The fourth-order valence-corrected chi connectivity index (χ4v) is 3.47. The van der Waals surface area contributed by atoms with Gasteiger partial charge in [0.15, 0.2) is 0 Å². The first-order valence-corrected chi connectivity index (χ1v) is 9.88. The van der Waals surface area contributed by atoms with Gasteiger partial charge in [-0.1, -0.05) is 83.4 Å². The number of aliphatic hydroxyl groups excluding tert-OH is 1. The minimum atomic E-state index is -0.590. The Morgan fingerprint density at radius 3 is 2.43 bits per heavy atom. The normalized spacial score (nSPS) is 12.0. The summed E-state index contributed by atoms with van der Waals surface area (Å²) >= 11 is 12.6. The van der Waals surface area contributed by atoms with Crippen molar-refractivity contribution in [1.82, 2.24) is 5.32 Å². The molecule has 3 rings (SSSR count). The fourth-order valence-electron chi connectivity index (χ4n) is 2.88. The molecular formula is C23H23Cl2NO2. The molecule has 3 aromatic carbocycles. The average molecular weight is 416 g/mol. The zero-order chi connectivity index (χ0) is 19.9. The van der Waals surface area contributed by atoms with E-state index in [2.05, 4.69) is 17.4 Å². The third-order valence-corrected chi connectivity index (χ3v) is 4.93. The summed E-state index contributed by atoms with van der Waals surface area (Å²) in [6.45, 7) is 3.36. The van der Waals surface area contributed by atoms with E-state index in [0.29, 0.717) is 35.5 Å². The molecule has 0 aromatic heterocycles. The molecule has 0 spiro atoms. The van der Waals surface area contributed by atoms with Gasteiger partial charge in [-0.2, -0.15) is 0 Å². The van der Waals surface area contributed by atoms with Gasteiger partial charge < -0.3 is 15.2 Å². The summed E-state index contributed by atoms with van der Waals surface area (Å²) in [5, 5.41) is 14.6. The summed E-state index contributed by atoms with van der Waals surface area (Å²) in [5.74, 6) is 0.605. The predicted octanol–water partition coefficient (Wildman–Crippen LogP) is 5.70. The van der Waals surface area contributed by atoms with Crippen molar-refractivity contribution in [2.45, 2.75) is 26.2 Å². The summed E-state index contributed by atoms with van der Waals surface area (Å²) in [6, 6.07) is 21.2. The molecule has 146 valence electrons. The van der Waals surface area contributed by atoms with Crippen LogP contribution in [0.15, 0.2) is 66.7 Å². The number of ether oxygens (including phenoxy) is 1. The van der Waals surface area contributed by atoms with Gasteiger partial charge in [0.25, 0.3) is 0 Å². The maximum atomic E-state index is 10.3. The molecule has 0 aliphatic carbocycles. The number of aryl methyl sites for hydroxylation is 1. The molecule has 0 saturated carbocycles. The van der Waals surface area contributed by atoms with Gasteiger partial charge in [0, 0.05) is 23.7 Å². The van der Waals surface area contributed by atoms with Crippen LogP contribution in [0.4, 0.5) is 0 Å². The maximum absolute atomic E-state index is 10.3. The van der Waals surface area contributed by atoms with Gasteiger partial charge in [0.1, 0.15) is 12.4 Å². The second-order valence-electron chi connectivity index (χ2n) is 6.71. The lowest BCUT2D eigenvalue weighted by Crippen LogP contribution is -2.21. The number of rotatable bonds is 8. The van der Waals surface area contributed by atoms with E-state index < -0.39 is 6.10 Å². The van der Waals surface area contributed by atoms with Crippen LogP contribution in [0.25, 0.3) is 0 Å². The van der Waals surface area contributed by atoms with E-state index in [0.717, 1.165) is 16.7 Å². The van der Waals surface area contributed by atoms with Crippen molar-refractivity contribution in [3.8, 4) is 5.75 Å². The van der Waals surface area contributed by atoms with Crippen molar-refractivity contribution in [2.75, 3.05) is 6.54 Å². The summed E-state index contributed by atoms with van der Waals surface area (Å²) in [5.41, 5.74) is 3.99. The minimum absolute atomic E-state index is 0.408. The van der Waals surface area contributed by atoms with Crippen LogP contribution in [0.2, 0.25) is 10.0 Å². The number of benzene rings is 3. The van der Waals surface area contributed by atoms with Gasteiger partial charge in [-0.3, -0.25) is 0 Å². The maximum Gasteiger partial charge on any atom is 0.142 e. The van der Waals surface area contributed by atoms with Crippen molar-refractivity contribution in [3.63, 3.8) is 0 Å². The first-order chi connectivity index (χ1) is 13.5. The smallest absolute Gasteiger partial charge is 0.142 e. The lowest BCUT2D eigenvalue weighted by Gasteiger charge is -2.16. The SMILES string of the molecule is Cc1ccc(COc2c(Cl)cc(Cl)cc2CNC[C@@H](O)c2ccccc2)cc1. The Labute approximate surface area is 175 Å². The number of nitrogens with one attached hydrogen (secondary N) is 1. The van der Waals surface area contributed by atoms with E-state index in [1.807, 2.05) is 55.5 Å². The van der Waals surface area contributed by atoms with Gasteiger partial charge in [0.05, 0.1) is 11.1 Å². The van der Waals surface area contributed by atoms with Crippen LogP contribution in [0.3, 0.4) is 0 Å². The molecule has 0 bridgehead atoms. The number of aliphatic hydroxyl groups is 1. The Bertz CT molecular complexity index is 898. The molecule has 1 atom stereocenters. The van der Waals surface area contributed by atoms with Crippen LogP contribution < -0.4 is 10.1 Å². The Balaban J connectivity index is 1.65. The molecule has 28 heavy (non-hydrogen) atoms. The molecule has 3 nitrogen and oxygen atoms in total. The highest BCUT2D eigenvalue weighted by Gasteiger charge is 2.13. The Hall–Kier alpha value is -2.04. The first kappa shape index (κ1) is 20.7. The molecule has 0 radical (unpaired) electrons. The van der Waals surface area contributed by atoms with Crippen molar-refractivity contribution in [2.24, 2.45) is 0 Å². The first-order valence-electron chi connectivity index (χ1n) is 9.13. The fraction of sp³-hybridized carbons (Fsp3) is 0.217. The van der Waals surface area contributed by atoms with E-state index >= 15 is 0 Å². The van der Waals surface area contributed by atoms with Crippen LogP contribution in [-0.4, -0.2) is 11.7 Å². The van der Waals surface area contributed by atoms with Gasteiger partial charge in [-0.25, -0.2) is 0 Å². The summed E-state index contributed by atoms with van der Waals surface area (Å²) in [6.07, 6.45) is -0.590. The summed E-state index contributed by atoms with van der Waals surface area (Å²) in [7, 11) is 0. The molecule has 3 aromatic rings. The van der Waals surface area contributed by atoms with E-state index in [9.17, 15) is 5.11 Å². The van der Waals surface area contributed by atoms with Gasteiger partial charge in [-0.15, -0.1) is 0 Å². The van der Waals surface area contributed by atoms with Crippen molar-refractivity contribution in [3.05, 3.63) is 99.0 Å². The van der Waals surface area contributed by atoms with Crippen molar-refractivity contribution < 1.29 is 9.84 Å². The molecule has 0 saturated heterocycles. The van der Waals surface area contributed by atoms with Crippen LogP contribution in [0, 0.1) is 6.92 Å². The Kier molecular flexibility index (Phi) is 7.35. The molecular weight excluding hydrogens is 393 g/mol. The highest BCUT2D eigenvalue weighted by atomic mass is 35.5. The van der Waals surface area contributed by atoms with E-state index in [-0.39, 0.29) is 0 Å². The van der Waals surface area contributed by atoms with Gasteiger partial charge in [-0.05, 0) is 30.2 Å². The third kappa shape index (κ3) is 5.73. The largest absolute Gasteiger partial charge is 0.487 e.